The highest BCUT2D eigenvalue weighted by Crippen LogP contribution is 2.44. The van der Waals surface area contributed by atoms with Crippen LogP contribution in [0.5, 0.6) is 0 Å². The average molecular weight is 236 g/mol. The smallest absolute Gasteiger partial charge is 0.222 e. The second-order valence-electron chi connectivity index (χ2n) is 6.21. The van der Waals surface area contributed by atoms with E-state index in [-0.39, 0.29) is 0 Å². The fourth-order valence-corrected chi connectivity index (χ4v) is 3.18. The number of likely N-dealkylation sites (tertiary alicyclic amines) is 1. The molecule has 2 saturated carbocycles. The highest BCUT2D eigenvalue weighted by atomic mass is 16.2. The molecule has 3 aliphatic rings. The van der Waals surface area contributed by atoms with Crippen LogP contribution in [-0.2, 0) is 4.79 Å². The van der Waals surface area contributed by atoms with Gasteiger partial charge in [0, 0.05) is 31.6 Å². The molecule has 3 heteroatoms. The standard InChI is InChI=1S/C14H24N2O/c1-10(9-16-8-2-3-13(16)17)15-14(11-4-5-11)12-6-7-12/h10-12,14-15H,2-9H2,1H3. The van der Waals surface area contributed by atoms with E-state index < -0.39 is 0 Å². The van der Waals surface area contributed by atoms with Gasteiger partial charge in [0.1, 0.15) is 0 Å². The summed E-state index contributed by atoms with van der Waals surface area (Å²) in [6.45, 7) is 4.13. The maximum Gasteiger partial charge on any atom is 0.222 e. The molecule has 96 valence electrons. The van der Waals surface area contributed by atoms with Crippen LogP contribution in [0.3, 0.4) is 0 Å². The van der Waals surface area contributed by atoms with Crippen molar-refractivity contribution in [1.29, 1.82) is 0 Å². The van der Waals surface area contributed by atoms with Gasteiger partial charge in [-0.15, -0.1) is 0 Å². The van der Waals surface area contributed by atoms with Gasteiger partial charge in [-0.3, -0.25) is 4.79 Å². The molecule has 0 aromatic heterocycles. The third kappa shape index (κ3) is 2.82. The Morgan fingerprint density at radius 2 is 1.94 bits per heavy atom. The summed E-state index contributed by atoms with van der Waals surface area (Å²) in [6.07, 6.45) is 7.50. The Kier molecular flexibility index (Phi) is 3.12. The zero-order valence-corrected chi connectivity index (χ0v) is 10.8. The molecule has 1 atom stereocenters. The Morgan fingerprint density at radius 3 is 2.41 bits per heavy atom. The average Bonchev–Trinajstić information content (AvgIpc) is 3.19. The van der Waals surface area contributed by atoms with Crippen molar-refractivity contribution < 1.29 is 4.79 Å². The normalized spacial score (nSPS) is 26.9. The molecule has 1 N–H and O–H groups in total. The van der Waals surface area contributed by atoms with Crippen LogP contribution >= 0.6 is 0 Å². The molecule has 1 unspecified atom stereocenters. The largest absolute Gasteiger partial charge is 0.341 e. The number of hydrogen-bond donors (Lipinski definition) is 1. The van der Waals surface area contributed by atoms with E-state index in [9.17, 15) is 4.79 Å². The van der Waals surface area contributed by atoms with E-state index in [0.29, 0.717) is 11.9 Å². The molecule has 3 nitrogen and oxygen atoms in total. The molecule has 0 aromatic rings. The van der Waals surface area contributed by atoms with Gasteiger partial charge >= 0.3 is 0 Å². The van der Waals surface area contributed by atoms with Crippen molar-refractivity contribution in [1.82, 2.24) is 10.2 Å². The predicted molar refractivity (Wildman–Crippen MR) is 67.6 cm³/mol. The van der Waals surface area contributed by atoms with Gasteiger partial charge in [0.15, 0.2) is 0 Å². The third-order valence-electron chi connectivity index (χ3n) is 4.40. The second kappa shape index (κ2) is 4.60. The van der Waals surface area contributed by atoms with Gasteiger partial charge in [-0.2, -0.15) is 0 Å². The van der Waals surface area contributed by atoms with E-state index in [1.165, 1.54) is 25.7 Å². The second-order valence-corrected chi connectivity index (χ2v) is 6.21. The summed E-state index contributed by atoms with van der Waals surface area (Å²) in [4.78, 5) is 13.6. The van der Waals surface area contributed by atoms with Crippen molar-refractivity contribution in [2.24, 2.45) is 11.8 Å². The minimum Gasteiger partial charge on any atom is -0.341 e. The fourth-order valence-electron chi connectivity index (χ4n) is 3.18. The Balaban J connectivity index is 1.48. The fraction of sp³-hybridized carbons (Fsp3) is 0.929. The number of carbonyl (C=O) groups is 1. The van der Waals surface area contributed by atoms with Gasteiger partial charge in [0.25, 0.3) is 0 Å². The van der Waals surface area contributed by atoms with E-state index in [1.54, 1.807) is 0 Å². The summed E-state index contributed by atoms with van der Waals surface area (Å²) < 4.78 is 0. The zero-order chi connectivity index (χ0) is 11.8. The number of nitrogens with one attached hydrogen (secondary N) is 1. The molecule has 3 rings (SSSR count). The molecule has 1 amide bonds. The number of rotatable bonds is 6. The van der Waals surface area contributed by atoms with Crippen LogP contribution in [0.2, 0.25) is 0 Å². The number of nitrogens with zero attached hydrogens (tertiary/aromatic N) is 1. The first kappa shape index (κ1) is 11.5. The molecular formula is C14H24N2O. The molecule has 2 aliphatic carbocycles. The maximum absolute atomic E-state index is 11.6. The SMILES string of the molecule is CC(CN1CCCC1=O)NC(C1CC1)C1CC1. The molecule has 1 heterocycles. The predicted octanol–water partition coefficient (Wildman–Crippen LogP) is 1.78. The molecule has 3 fully saturated rings. The van der Waals surface area contributed by atoms with Crippen LogP contribution < -0.4 is 5.32 Å². The van der Waals surface area contributed by atoms with Gasteiger partial charge < -0.3 is 10.2 Å². The van der Waals surface area contributed by atoms with E-state index >= 15 is 0 Å². The lowest BCUT2D eigenvalue weighted by Crippen LogP contribution is -2.46. The Hall–Kier alpha value is -0.570. The van der Waals surface area contributed by atoms with Crippen LogP contribution in [0.1, 0.15) is 45.4 Å². The summed E-state index contributed by atoms with van der Waals surface area (Å²) in [5.74, 6) is 2.24. The maximum atomic E-state index is 11.6. The summed E-state index contributed by atoms with van der Waals surface area (Å²) in [5.41, 5.74) is 0. The molecule has 0 radical (unpaired) electrons. The quantitative estimate of drug-likeness (QED) is 0.762. The molecular weight excluding hydrogens is 212 g/mol. The number of hydrogen-bond acceptors (Lipinski definition) is 2. The van der Waals surface area contributed by atoms with E-state index in [0.717, 1.165) is 43.8 Å². The van der Waals surface area contributed by atoms with E-state index in [1.807, 2.05) is 4.90 Å². The first-order valence-electron chi connectivity index (χ1n) is 7.28. The molecule has 0 aromatic carbocycles. The lowest BCUT2D eigenvalue weighted by molar-refractivity contribution is -0.128. The van der Waals surface area contributed by atoms with Gasteiger partial charge in [0.2, 0.25) is 5.91 Å². The first-order chi connectivity index (χ1) is 8.24. The molecule has 1 saturated heterocycles. The van der Waals surface area contributed by atoms with Crippen molar-refractivity contribution in [2.45, 2.75) is 57.5 Å². The first-order valence-corrected chi connectivity index (χ1v) is 7.28. The van der Waals surface area contributed by atoms with Gasteiger partial charge in [0.05, 0.1) is 0 Å². The van der Waals surface area contributed by atoms with Crippen molar-refractivity contribution >= 4 is 5.91 Å². The van der Waals surface area contributed by atoms with Crippen LogP contribution in [-0.4, -0.2) is 36.0 Å². The Labute approximate surface area is 104 Å². The van der Waals surface area contributed by atoms with Crippen LogP contribution in [0.4, 0.5) is 0 Å². The summed E-state index contributed by atoms with van der Waals surface area (Å²) in [5, 5.41) is 3.79. The lowest BCUT2D eigenvalue weighted by Gasteiger charge is -2.27. The van der Waals surface area contributed by atoms with E-state index in [4.69, 9.17) is 0 Å². The number of amides is 1. The molecule has 17 heavy (non-hydrogen) atoms. The van der Waals surface area contributed by atoms with Crippen LogP contribution in [0.25, 0.3) is 0 Å². The zero-order valence-electron chi connectivity index (χ0n) is 10.8. The van der Waals surface area contributed by atoms with E-state index in [2.05, 4.69) is 12.2 Å². The molecule has 0 bridgehead atoms. The highest BCUT2D eigenvalue weighted by molar-refractivity contribution is 5.78. The number of carbonyl (C=O) groups excluding carboxylic acids is 1. The summed E-state index contributed by atoms with van der Waals surface area (Å²) >= 11 is 0. The van der Waals surface area contributed by atoms with Crippen LogP contribution in [0.15, 0.2) is 0 Å². The van der Waals surface area contributed by atoms with Gasteiger partial charge in [-0.1, -0.05) is 0 Å². The van der Waals surface area contributed by atoms with Crippen molar-refractivity contribution in [2.75, 3.05) is 13.1 Å². The third-order valence-corrected chi connectivity index (χ3v) is 4.40. The topological polar surface area (TPSA) is 32.3 Å². The monoisotopic (exact) mass is 236 g/mol. The molecule has 1 aliphatic heterocycles. The summed E-state index contributed by atoms with van der Waals surface area (Å²) in [7, 11) is 0. The minimum absolute atomic E-state index is 0.355. The van der Waals surface area contributed by atoms with Crippen LogP contribution in [0, 0.1) is 11.8 Å². The lowest BCUT2D eigenvalue weighted by atomic mass is 10.1. The summed E-state index contributed by atoms with van der Waals surface area (Å²) in [6, 6.07) is 1.21. The highest BCUT2D eigenvalue weighted by Gasteiger charge is 2.41. The van der Waals surface area contributed by atoms with Crippen molar-refractivity contribution in [3.05, 3.63) is 0 Å². The van der Waals surface area contributed by atoms with Crippen molar-refractivity contribution in [3.8, 4) is 0 Å². The Bertz CT molecular complexity index is 285. The van der Waals surface area contributed by atoms with Gasteiger partial charge in [-0.25, -0.2) is 0 Å². The van der Waals surface area contributed by atoms with Crippen molar-refractivity contribution in [3.63, 3.8) is 0 Å². The Morgan fingerprint density at radius 1 is 1.29 bits per heavy atom. The molecule has 0 spiro atoms. The minimum atomic E-state index is 0.355. The van der Waals surface area contributed by atoms with Gasteiger partial charge in [-0.05, 0) is 50.9 Å².